The maximum absolute atomic E-state index is 14.2. The zero-order valence-corrected chi connectivity index (χ0v) is 21.8. The second-order valence-electron chi connectivity index (χ2n) is 8.95. The van der Waals surface area contributed by atoms with Crippen LogP contribution in [0, 0.1) is 24.6 Å². The summed E-state index contributed by atoms with van der Waals surface area (Å²) in [6.45, 7) is 10.7. The van der Waals surface area contributed by atoms with Crippen LogP contribution < -0.4 is 10.6 Å². The predicted molar refractivity (Wildman–Crippen MR) is 146 cm³/mol. The second kappa shape index (κ2) is 11.9. The number of H-pyrrole nitrogens is 1. The lowest BCUT2D eigenvalue weighted by Crippen LogP contribution is -2.42. The molecule has 5 aromatic rings. The number of halogens is 1. The zero-order valence-electron chi connectivity index (χ0n) is 21.8. The van der Waals surface area contributed by atoms with Gasteiger partial charge < -0.3 is 20.1 Å². The first-order chi connectivity index (χ1) is 18.0. The molecule has 1 aromatic carbocycles. The molecule has 4 aromatic heterocycles. The molecule has 9 heteroatoms. The van der Waals surface area contributed by atoms with Gasteiger partial charge >= 0.3 is 0 Å². The predicted octanol–water partition coefficient (Wildman–Crippen LogP) is 5.74. The Morgan fingerprint density at radius 1 is 1.11 bits per heavy atom. The molecule has 3 N–H and O–H groups in total. The van der Waals surface area contributed by atoms with Crippen molar-refractivity contribution in [3.8, 4) is 11.1 Å². The van der Waals surface area contributed by atoms with Crippen LogP contribution >= 0.6 is 0 Å². The van der Waals surface area contributed by atoms with Crippen LogP contribution in [0.4, 0.5) is 10.2 Å². The summed E-state index contributed by atoms with van der Waals surface area (Å²) in [5, 5.41) is 4.21. The van der Waals surface area contributed by atoms with Crippen LogP contribution in [0.1, 0.15) is 33.0 Å². The number of nitrogens with one attached hydrogen (secondary N) is 1. The van der Waals surface area contributed by atoms with Gasteiger partial charge in [-0.3, -0.25) is 4.98 Å². The van der Waals surface area contributed by atoms with Crippen molar-refractivity contribution in [1.29, 1.82) is 0 Å². The van der Waals surface area contributed by atoms with E-state index in [1.54, 1.807) is 24.5 Å². The van der Waals surface area contributed by atoms with Crippen LogP contribution in [0.15, 0.2) is 59.6 Å². The number of hydrogen-bond donors (Lipinski definition) is 2. The largest absolute Gasteiger partial charge is 0.362 e. The molecule has 1 saturated heterocycles. The summed E-state index contributed by atoms with van der Waals surface area (Å²) < 4.78 is 18.7. The number of aryl methyl sites for hydroxylation is 1. The smallest absolute Gasteiger partial charge is 0.159 e. The lowest BCUT2D eigenvalue weighted by molar-refractivity contribution is 0.306. The van der Waals surface area contributed by atoms with Gasteiger partial charge in [0.25, 0.3) is 0 Å². The van der Waals surface area contributed by atoms with Gasteiger partial charge in [-0.05, 0) is 49.4 Å². The number of benzene rings is 1. The van der Waals surface area contributed by atoms with Crippen molar-refractivity contribution >= 4 is 27.9 Å². The molecule has 0 aliphatic carbocycles. The fourth-order valence-corrected chi connectivity index (χ4v) is 4.65. The molecule has 8 nitrogen and oxygen atoms in total. The van der Waals surface area contributed by atoms with Crippen molar-refractivity contribution in [1.82, 2.24) is 25.1 Å². The normalized spacial score (nSPS) is 17.2. The van der Waals surface area contributed by atoms with Crippen LogP contribution in [0.5, 0.6) is 0 Å². The number of piperidine rings is 1. The summed E-state index contributed by atoms with van der Waals surface area (Å²) in [4.78, 5) is 19.2. The summed E-state index contributed by atoms with van der Waals surface area (Å²) in [6, 6.07) is 8.73. The number of pyridine rings is 1. The highest BCUT2D eigenvalue weighted by atomic mass is 19.1. The van der Waals surface area contributed by atoms with Crippen LogP contribution in [-0.4, -0.2) is 44.7 Å². The minimum atomic E-state index is -0.326. The molecule has 1 aliphatic heterocycles. The molecule has 37 heavy (non-hydrogen) atoms. The lowest BCUT2D eigenvalue weighted by Gasteiger charge is -2.36. The summed E-state index contributed by atoms with van der Waals surface area (Å²) in [6.07, 6.45) is 8.01. The molecule has 0 radical (unpaired) electrons. The maximum Gasteiger partial charge on any atom is 0.159 e. The Morgan fingerprint density at radius 2 is 1.95 bits per heavy atom. The molecule has 194 valence electrons. The van der Waals surface area contributed by atoms with Crippen molar-refractivity contribution < 1.29 is 8.91 Å². The monoisotopic (exact) mass is 503 g/mol. The van der Waals surface area contributed by atoms with E-state index in [2.05, 4.69) is 31.5 Å². The SMILES string of the molecule is CC.CC1CN(c2cnc3c(-c4ccc(F)c5ncccc45)c[nH]c3n2)CCC1CN.Cc1ccno1. The average molecular weight is 504 g/mol. The summed E-state index contributed by atoms with van der Waals surface area (Å²) >= 11 is 0. The van der Waals surface area contributed by atoms with Crippen LogP contribution in [-0.2, 0) is 0 Å². The van der Waals surface area contributed by atoms with Crippen molar-refractivity contribution in [3.63, 3.8) is 0 Å². The lowest BCUT2D eigenvalue weighted by atomic mass is 9.87. The van der Waals surface area contributed by atoms with Gasteiger partial charge in [-0.15, -0.1) is 0 Å². The van der Waals surface area contributed by atoms with Gasteiger partial charge in [-0.25, -0.2) is 14.4 Å². The van der Waals surface area contributed by atoms with Crippen molar-refractivity contribution in [3.05, 3.63) is 66.7 Å². The highest BCUT2D eigenvalue weighted by Gasteiger charge is 2.26. The summed E-state index contributed by atoms with van der Waals surface area (Å²) in [7, 11) is 0. The topological polar surface area (TPSA) is 110 Å². The molecule has 5 heterocycles. The van der Waals surface area contributed by atoms with Gasteiger partial charge in [0.15, 0.2) is 5.65 Å². The first kappa shape index (κ1) is 26.2. The fourth-order valence-electron chi connectivity index (χ4n) is 4.65. The Balaban J connectivity index is 0.000000348. The van der Waals surface area contributed by atoms with Gasteiger partial charge in [0.2, 0.25) is 0 Å². The van der Waals surface area contributed by atoms with Crippen LogP contribution in [0.25, 0.3) is 33.2 Å². The van der Waals surface area contributed by atoms with E-state index in [0.29, 0.717) is 17.4 Å². The van der Waals surface area contributed by atoms with Crippen molar-refractivity contribution in [2.45, 2.75) is 34.1 Å². The van der Waals surface area contributed by atoms with Gasteiger partial charge in [-0.2, -0.15) is 0 Å². The Bertz CT molecular complexity index is 1430. The molecule has 0 saturated carbocycles. The van der Waals surface area contributed by atoms with Gasteiger partial charge in [0.1, 0.15) is 28.4 Å². The van der Waals surface area contributed by atoms with Gasteiger partial charge in [0, 0.05) is 42.5 Å². The molecule has 6 rings (SSSR count). The minimum Gasteiger partial charge on any atom is -0.362 e. The standard InChI is InChI=1S/C22H23FN6.C4H5NO.C2H6/c1-13-12-29(8-6-14(13)9-24)19-11-26-21-17(10-27-22(21)28-19)15-4-5-18(23)20-16(15)3-2-7-25-20;1-4-2-3-5-6-4;1-2/h2-5,7,10-11,13-14H,6,8-9,12,24H2,1H3,(H,27,28);2-3H,1H3;1-2H3. The quantitative estimate of drug-likeness (QED) is 0.323. The third-order valence-corrected chi connectivity index (χ3v) is 6.66. The number of fused-ring (bicyclic) bond motifs is 2. The molecule has 1 aliphatic rings. The second-order valence-corrected chi connectivity index (χ2v) is 8.95. The fraction of sp³-hybridized carbons (Fsp3) is 0.357. The third kappa shape index (κ3) is 5.61. The molecule has 0 bridgehead atoms. The summed E-state index contributed by atoms with van der Waals surface area (Å²) in [5.74, 6) is 2.50. The number of aromatic nitrogens is 5. The van der Waals surface area contributed by atoms with E-state index in [-0.39, 0.29) is 5.82 Å². The van der Waals surface area contributed by atoms with E-state index in [0.717, 1.165) is 65.3 Å². The number of rotatable bonds is 3. The number of nitrogens with zero attached hydrogens (tertiary/aromatic N) is 5. The maximum atomic E-state index is 14.2. The Hall–Kier alpha value is -3.85. The Labute approximate surface area is 216 Å². The van der Waals surface area contributed by atoms with E-state index < -0.39 is 0 Å². The molecule has 2 unspecified atom stereocenters. The van der Waals surface area contributed by atoms with E-state index >= 15 is 0 Å². The first-order valence-corrected chi connectivity index (χ1v) is 12.7. The summed E-state index contributed by atoms with van der Waals surface area (Å²) in [5.41, 5.74) is 9.53. The Kier molecular flexibility index (Phi) is 8.45. The minimum absolute atomic E-state index is 0.326. The highest BCUT2D eigenvalue weighted by Crippen LogP contribution is 2.34. The van der Waals surface area contributed by atoms with Gasteiger partial charge in [0.05, 0.1) is 12.4 Å². The number of aromatic amines is 1. The number of nitrogens with two attached hydrogens (primary N) is 1. The molecule has 2 atom stereocenters. The molecule has 0 amide bonds. The molecular formula is C28H34FN7O. The van der Waals surface area contributed by atoms with Gasteiger partial charge in [-0.1, -0.05) is 38.1 Å². The van der Waals surface area contributed by atoms with E-state index in [9.17, 15) is 4.39 Å². The van der Waals surface area contributed by atoms with Crippen LogP contribution in [0.3, 0.4) is 0 Å². The van der Waals surface area contributed by atoms with Crippen molar-refractivity contribution in [2.24, 2.45) is 17.6 Å². The molecule has 1 fully saturated rings. The Morgan fingerprint density at radius 3 is 2.62 bits per heavy atom. The molecular weight excluding hydrogens is 469 g/mol. The first-order valence-electron chi connectivity index (χ1n) is 12.7. The van der Waals surface area contributed by atoms with Crippen LogP contribution in [0.2, 0.25) is 0 Å². The molecule has 0 spiro atoms. The van der Waals surface area contributed by atoms with Crippen molar-refractivity contribution in [2.75, 3.05) is 24.5 Å². The number of hydrogen-bond acceptors (Lipinski definition) is 7. The average Bonchev–Trinajstić information content (AvgIpc) is 3.59. The zero-order chi connectivity index (χ0) is 26.4. The van der Waals surface area contributed by atoms with E-state index in [1.165, 1.54) is 6.07 Å². The van der Waals surface area contributed by atoms with E-state index in [1.807, 2.05) is 45.3 Å². The third-order valence-electron chi connectivity index (χ3n) is 6.66. The highest BCUT2D eigenvalue weighted by molar-refractivity contribution is 6.02. The number of anilines is 1. The van der Waals surface area contributed by atoms with E-state index in [4.69, 9.17) is 15.7 Å².